The van der Waals surface area contributed by atoms with Gasteiger partial charge in [-0.05, 0) is 79.0 Å². The van der Waals surface area contributed by atoms with E-state index in [-0.39, 0.29) is 11.8 Å². The second-order valence-corrected chi connectivity index (χ2v) is 10.3. The molecule has 0 aliphatic carbocycles. The van der Waals surface area contributed by atoms with Crippen LogP contribution in [0.4, 0.5) is 11.5 Å². The van der Waals surface area contributed by atoms with E-state index in [1.54, 1.807) is 4.57 Å². The van der Waals surface area contributed by atoms with Crippen LogP contribution >= 0.6 is 23.2 Å². The zero-order valence-electron chi connectivity index (χ0n) is 19.3. The molecule has 0 N–H and O–H groups in total. The van der Waals surface area contributed by atoms with E-state index in [4.69, 9.17) is 32.7 Å². The monoisotopic (exact) mass is 516 g/mol. The van der Waals surface area contributed by atoms with Gasteiger partial charge in [-0.15, -0.1) is 0 Å². The Hall–Kier alpha value is -2.97. The topological polar surface area (TPSA) is 82.7 Å². The van der Waals surface area contributed by atoms with E-state index in [0.29, 0.717) is 29.1 Å². The van der Waals surface area contributed by atoms with E-state index in [2.05, 4.69) is 28.1 Å². The molecule has 1 saturated heterocycles. The summed E-state index contributed by atoms with van der Waals surface area (Å²) in [5, 5.41) is 12.1. The van der Waals surface area contributed by atoms with Gasteiger partial charge >= 0.3 is 11.8 Å². The Morgan fingerprint density at radius 2 is 1.91 bits per heavy atom. The Morgan fingerprint density at radius 3 is 2.57 bits per heavy atom. The van der Waals surface area contributed by atoms with Crippen LogP contribution in [0.1, 0.15) is 25.3 Å². The van der Waals surface area contributed by atoms with Gasteiger partial charge in [0.2, 0.25) is 0 Å². The molecule has 5 rings (SSSR count). The lowest BCUT2D eigenvalue weighted by molar-refractivity contribution is -0.389. The minimum atomic E-state index is -0.633. The van der Waals surface area contributed by atoms with Gasteiger partial charge in [-0.25, -0.2) is 0 Å². The van der Waals surface area contributed by atoms with Crippen molar-refractivity contribution in [2.45, 2.75) is 38.3 Å². The molecule has 3 heterocycles. The first-order valence-electron chi connectivity index (χ1n) is 11.6. The number of nitrogens with zero attached hydrogens (tertiary/aromatic N) is 4. The van der Waals surface area contributed by atoms with Crippen LogP contribution in [-0.4, -0.2) is 39.8 Å². The molecule has 1 fully saturated rings. The lowest BCUT2D eigenvalue weighted by Gasteiger charge is -2.34. The summed E-state index contributed by atoms with van der Waals surface area (Å²) >= 11 is 12.2. The van der Waals surface area contributed by atoms with E-state index in [1.165, 1.54) is 17.4 Å². The first-order chi connectivity index (χ1) is 16.8. The van der Waals surface area contributed by atoms with Gasteiger partial charge in [-0.1, -0.05) is 29.3 Å². The number of halogens is 2. The molecule has 0 radical (unpaired) electrons. The molecule has 184 valence electrons. The largest absolute Gasteiger partial charge is 0.489 e. The number of hydrogen-bond donors (Lipinski definition) is 0. The fraction of sp³-hybridized carbons (Fsp3) is 0.400. The second-order valence-electron chi connectivity index (χ2n) is 9.48. The molecule has 8 nitrogen and oxygen atoms in total. The molecule has 2 aromatic carbocycles. The fourth-order valence-corrected chi connectivity index (χ4v) is 5.06. The van der Waals surface area contributed by atoms with Crippen LogP contribution in [0.15, 0.2) is 48.7 Å². The number of nitro groups is 1. The van der Waals surface area contributed by atoms with Crippen molar-refractivity contribution < 1.29 is 14.4 Å². The summed E-state index contributed by atoms with van der Waals surface area (Å²) in [6, 6.07) is 14.3. The van der Waals surface area contributed by atoms with Crippen molar-refractivity contribution in [3.8, 4) is 11.8 Å². The normalized spacial score (nSPS) is 19.9. The number of anilines is 1. The highest BCUT2D eigenvalue weighted by Gasteiger charge is 2.41. The lowest BCUT2D eigenvalue weighted by atomic mass is 9.90. The van der Waals surface area contributed by atoms with Gasteiger partial charge in [0.05, 0.1) is 16.6 Å². The number of aromatic nitrogens is 2. The van der Waals surface area contributed by atoms with E-state index < -0.39 is 10.5 Å². The molecule has 35 heavy (non-hydrogen) atoms. The van der Waals surface area contributed by atoms with Crippen molar-refractivity contribution in [1.29, 1.82) is 0 Å². The predicted octanol–water partition coefficient (Wildman–Crippen LogP) is 5.79. The van der Waals surface area contributed by atoms with Crippen molar-refractivity contribution in [2.75, 3.05) is 24.6 Å². The average molecular weight is 517 g/mol. The molecule has 2 aliphatic rings. The summed E-state index contributed by atoms with van der Waals surface area (Å²) in [6.07, 6.45) is 4.66. The number of rotatable bonds is 7. The summed E-state index contributed by atoms with van der Waals surface area (Å²) in [5.41, 5.74) is 1.79. The van der Waals surface area contributed by atoms with Gasteiger partial charge in [0.25, 0.3) is 0 Å². The molecule has 0 amide bonds. The SMILES string of the molecule is C[C@]1(COc2ccc(N3CCC(Cc4ccc(Cl)c(Cl)c4)CC3)cc2)Cn2cc([N+](=O)[O-])nc2O1. The third kappa shape index (κ3) is 5.33. The zero-order valence-corrected chi connectivity index (χ0v) is 20.8. The molecule has 2 aliphatic heterocycles. The van der Waals surface area contributed by atoms with Crippen molar-refractivity contribution in [3.05, 3.63) is 74.4 Å². The highest BCUT2D eigenvalue weighted by Crippen LogP contribution is 2.32. The molecule has 0 saturated carbocycles. The second kappa shape index (κ2) is 9.59. The third-order valence-corrected chi connectivity index (χ3v) is 7.36. The molecule has 10 heteroatoms. The van der Waals surface area contributed by atoms with Crippen molar-refractivity contribution in [2.24, 2.45) is 5.92 Å². The van der Waals surface area contributed by atoms with Crippen LogP contribution in [-0.2, 0) is 13.0 Å². The van der Waals surface area contributed by atoms with Crippen LogP contribution in [0.5, 0.6) is 11.8 Å². The maximum Gasteiger partial charge on any atom is 0.415 e. The van der Waals surface area contributed by atoms with Crippen molar-refractivity contribution >= 4 is 34.7 Å². The minimum absolute atomic E-state index is 0.211. The molecular formula is C25H26Cl2N4O4. The number of fused-ring (bicyclic) bond motifs is 1. The molecule has 3 aromatic rings. The average Bonchev–Trinajstić information content (AvgIpc) is 3.37. The molecule has 1 atom stereocenters. The van der Waals surface area contributed by atoms with Crippen LogP contribution < -0.4 is 14.4 Å². The maximum absolute atomic E-state index is 10.9. The van der Waals surface area contributed by atoms with E-state index >= 15 is 0 Å². The Labute approximate surface area is 213 Å². The van der Waals surface area contributed by atoms with Gasteiger partial charge in [-0.3, -0.25) is 4.57 Å². The summed E-state index contributed by atoms with van der Waals surface area (Å²) in [4.78, 5) is 16.7. The van der Waals surface area contributed by atoms with E-state index in [1.807, 2.05) is 31.2 Å². The lowest BCUT2D eigenvalue weighted by Crippen LogP contribution is -2.38. The third-order valence-electron chi connectivity index (χ3n) is 6.63. The van der Waals surface area contributed by atoms with Crippen LogP contribution in [0.3, 0.4) is 0 Å². The number of ether oxygens (including phenoxy) is 2. The Balaban J connectivity index is 1.10. The maximum atomic E-state index is 10.9. The van der Waals surface area contributed by atoms with Crippen molar-refractivity contribution in [1.82, 2.24) is 9.55 Å². The van der Waals surface area contributed by atoms with Crippen molar-refractivity contribution in [3.63, 3.8) is 0 Å². The fourth-order valence-electron chi connectivity index (χ4n) is 4.74. The molecule has 0 bridgehead atoms. The zero-order chi connectivity index (χ0) is 24.6. The van der Waals surface area contributed by atoms with E-state index in [0.717, 1.165) is 38.1 Å². The molecule has 1 aromatic heterocycles. The summed E-state index contributed by atoms with van der Waals surface area (Å²) in [7, 11) is 0. The van der Waals surface area contributed by atoms with Gasteiger partial charge in [0.1, 0.15) is 18.6 Å². The Kier molecular flexibility index (Phi) is 6.51. The standard InChI is InChI=1S/C25H26Cl2N4O4/c1-25(15-30-14-23(31(32)33)28-24(30)35-25)16-34-20-5-3-19(4-6-20)29-10-8-17(9-11-29)12-18-2-7-21(26)22(27)13-18/h2-7,13-14,17H,8-12,15-16H2,1H3/t25-/m1/s1. The smallest absolute Gasteiger partial charge is 0.415 e. The van der Waals surface area contributed by atoms with Crippen LogP contribution in [0.2, 0.25) is 10.0 Å². The number of piperidine rings is 1. The Morgan fingerprint density at radius 1 is 1.17 bits per heavy atom. The van der Waals surface area contributed by atoms with E-state index in [9.17, 15) is 10.1 Å². The quantitative estimate of drug-likeness (QED) is 0.292. The number of benzene rings is 2. The highest BCUT2D eigenvalue weighted by molar-refractivity contribution is 6.42. The number of hydrogen-bond acceptors (Lipinski definition) is 6. The summed E-state index contributed by atoms with van der Waals surface area (Å²) in [6.45, 7) is 4.68. The van der Waals surface area contributed by atoms with Gasteiger partial charge in [0, 0.05) is 23.8 Å². The van der Waals surface area contributed by atoms with Gasteiger partial charge in [0.15, 0.2) is 5.60 Å². The molecular weight excluding hydrogens is 491 g/mol. The van der Waals surface area contributed by atoms with Crippen LogP contribution in [0.25, 0.3) is 0 Å². The molecule has 0 spiro atoms. The first-order valence-corrected chi connectivity index (χ1v) is 12.4. The summed E-state index contributed by atoms with van der Waals surface area (Å²) in [5.74, 6) is 1.18. The highest BCUT2D eigenvalue weighted by atomic mass is 35.5. The van der Waals surface area contributed by atoms with Crippen LogP contribution in [0, 0.1) is 16.0 Å². The molecule has 0 unspecified atom stereocenters. The summed E-state index contributed by atoms with van der Waals surface area (Å²) < 4.78 is 13.5. The van der Waals surface area contributed by atoms with Gasteiger partial charge < -0.3 is 24.5 Å². The Bertz CT molecular complexity index is 1200. The minimum Gasteiger partial charge on any atom is -0.489 e. The predicted molar refractivity (Wildman–Crippen MR) is 135 cm³/mol. The van der Waals surface area contributed by atoms with Gasteiger partial charge in [-0.2, -0.15) is 0 Å². The first kappa shape index (κ1) is 23.8. The number of imidazole rings is 1.